The molecule has 0 spiro atoms. The van der Waals surface area contributed by atoms with Crippen molar-refractivity contribution >= 4 is 33.6 Å². The van der Waals surface area contributed by atoms with E-state index in [-0.39, 0.29) is 24.5 Å². The SMILES string of the molecule is O=C(NCC1CCC(C(=O)O)CC1)c1c(C(F)(F)F)ccc2ccn(Cc3cc4ccccc4cn3)c12. The van der Waals surface area contributed by atoms with Gasteiger partial charge in [-0.25, -0.2) is 0 Å². The highest BCUT2D eigenvalue weighted by Gasteiger charge is 2.37. The Morgan fingerprint density at radius 1 is 1.00 bits per heavy atom. The Hall–Kier alpha value is -3.88. The molecule has 6 nitrogen and oxygen atoms in total. The van der Waals surface area contributed by atoms with E-state index in [1.807, 2.05) is 30.3 Å². The Morgan fingerprint density at radius 3 is 2.43 bits per heavy atom. The molecule has 1 aliphatic carbocycles. The van der Waals surface area contributed by atoms with Gasteiger partial charge in [0.05, 0.1) is 34.8 Å². The van der Waals surface area contributed by atoms with Crippen LogP contribution in [0.2, 0.25) is 0 Å². The first-order chi connectivity index (χ1) is 17.7. The van der Waals surface area contributed by atoms with Gasteiger partial charge in [0.2, 0.25) is 0 Å². The Labute approximate surface area is 211 Å². The number of benzene rings is 2. The minimum Gasteiger partial charge on any atom is -0.481 e. The van der Waals surface area contributed by atoms with E-state index in [9.17, 15) is 27.9 Å². The normalized spacial score (nSPS) is 18.2. The lowest BCUT2D eigenvalue weighted by Gasteiger charge is -2.26. The molecule has 2 aromatic carbocycles. The molecule has 4 aromatic rings. The summed E-state index contributed by atoms with van der Waals surface area (Å²) in [6.45, 7) is 0.404. The molecule has 192 valence electrons. The van der Waals surface area contributed by atoms with E-state index < -0.39 is 35.1 Å². The molecule has 1 saturated carbocycles. The summed E-state index contributed by atoms with van der Waals surface area (Å²) in [7, 11) is 0. The number of carboxylic acid groups (broad SMARTS) is 1. The van der Waals surface area contributed by atoms with E-state index in [1.54, 1.807) is 23.0 Å². The Kier molecular flexibility index (Phi) is 6.62. The lowest BCUT2D eigenvalue weighted by atomic mass is 9.82. The van der Waals surface area contributed by atoms with Crippen molar-refractivity contribution in [2.75, 3.05) is 6.54 Å². The van der Waals surface area contributed by atoms with Gasteiger partial charge in [-0.15, -0.1) is 0 Å². The molecule has 0 unspecified atom stereocenters. The second kappa shape index (κ2) is 9.88. The number of hydrogen-bond acceptors (Lipinski definition) is 3. The van der Waals surface area contributed by atoms with Crippen LogP contribution >= 0.6 is 0 Å². The fourth-order valence-corrected chi connectivity index (χ4v) is 5.22. The van der Waals surface area contributed by atoms with Gasteiger partial charge in [0.15, 0.2) is 0 Å². The number of carbonyl (C=O) groups excluding carboxylic acids is 1. The van der Waals surface area contributed by atoms with Crippen molar-refractivity contribution < 1.29 is 27.9 Å². The zero-order valence-electron chi connectivity index (χ0n) is 20.0. The number of carboxylic acids is 1. The van der Waals surface area contributed by atoms with Gasteiger partial charge in [-0.2, -0.15) is 13.2 Å². The first-order valence-corrected chi connectivity index (χ1v) is 12.2. The highest BCUT2D eigenvalue weighted by molar-refractivity contribution is 6.07. The molecule has 2 heterocycles. The average molecular weight is 510 g/mol. The monoisotopic (exact) mass is 509 g/mol. The number of alkyl halides is 3. The highest BCUT2D eigenvalue weighted by atomic mass is 19.4. The van der Waals surface area contributed by atoms with E-state index in [0.717, 1.165) is 16.8 Å². The summed E-state index contributed by atoms with van der Waals surface area (Å²) in [5, 5.41) is 14.3. The first-order valence-electron chi connectivity index (χ1n) is 12.2. The topological polar surface area (TPSA) is 84.2 Å². The van der Waals surface area contributed by atoms with Crippen LogP contribution in [-0.2, 0) is 17.5 Å². The van der Waals surface area contributed by atoms with Crippen LogP contribution in [0.15, 0.2) is 60.9 Å². The van der Waals surface area contributed by atoms with Crippen molar-refractivity contribution in [2.24, 2.45) is 11.8 Å². The summed E-state index contributed by atoms with van der Waals surface area (Å²) in [6, 6.07) is 13.6. The summed E-state index contributed by atoms with van der Waals surface area (Å²) < 4.78 is 43.7. The third-order valence-electron chi connectivity index (χ3n) is 7.23. The number of pyridine rings is 1. The van der Waals surface area contributed by atoms with Crippen LogP contribution in [0.3, 0.4) is 0 Å². The molecule has 0 atom stereocenters. The summed E-state index contributed by atoms with van der Waals surface area (Å²) in [6.07, 6.45) is 0.906. The maximum absolute atomic E-state index is 14.0. The third kappa shape index (κ3) is 5.16. The van der Waals surface area contributed by atoms with Gasteiger partial charge < -0.3 is 15.0 Å². The summed E-state index contributed by atoms with van der Waals surface area (Å²) >= 11 is 0. The van der Waals surface area contributed by atoms with Crippen LogP contribution in [0.1, 0.15) is 47.3 Å². The van der Waals surface area contributed by atoms with E-state index in [4.69, 9.17) is 0 Å². The zero-order valence-corrected chi connectivity index (χ0v) is 20.0. The Balaban J connectivity index is 1.45. The summed E-state index contributed by atoms with van der Waals surface area (Å²) in [4.78, 5) is 28.9. The van der Waals surface area contributed by atoms with E-state index >= 15 is 0 Å². The molecule has 0 aliphatic heterocycles. The Bertz CT molecular complexity index is 1470. The maximum Gasteiger partial charge on any atom is 0.417 e. The van der Waals surface area contributed by atoms with Crippen molar-refractivity contribution in [1.82, 2.24) is 14.9 Å². The van der Waals surface area contributed by atoms with Gasteiger partial charge in [0.1, 0.15) is 0 Å². The van der Waals surface area contributed by atoms with E-state index in [1.165, 1.54) is 6.07 Å². The van der Waals surface area contributed by atoms with Crippen LogP contribution in [0.5, 0.6) is 0 Å². The molecule has 0 bridgehead atoms. The number of hydrogen-bond donors (Lipinski definition) is 2. The minimum absolute atomic E-state index is 0.0293. The lowest BCUT2D eigenvalue weighted by molar-refractivity contribution is -0.143. The van der Waals surface area contributed by atoms with Crippen LogP contribution in [0, 0.1) is 11.8 Å². The van der Waals surface area contributed by atoms with Gasteiger partial charge in [-0.05, 0) is 55.2 Å². The fourth-order valence-electron chi connectivity index (χ4n) is 5.22. The van der Waals surface area contributed by atoms with Crippen molar-refractivity contribution in [3.63, 3.8) is 0 Å². The van der Waals surface area contributed by atoms with Gasteiger partial charge in [-0.3, -0.25) is 14.6 Å². The summed E-state index contributed by atoms with van der Waals surface area (Å²) in [5.41, 5.74) is -0.527. The number of rotatable bonds is 6. The van der Waals surface area contributed by atoms with Gasteiger partial charge in [-0.1, -0.05) is 30.3 Å². The number of halogens is 3. The van der Waals surface area contributed by atoms with Crippen LogP contribution < -0.4 is 5.32 Å². The maximum atomic E-state index is 14.0. The van der Waals surface area contributed by atoms with Crippen molar-refractivity contribution in [3.05, 3.63) is 77.7 Å². The fraction of sp³-hybridized carbons (Fsp3) is 0.321. The number of nitrogens with one attached hydrogen (secondary N) is 1. The van der Waals surface area contributed by atoms with Crippen LogP contribution in [-0.4, -0.2) is 33.1 Å². The number of aromatic nitrogens is 2. The van der Waals surface area contributed by atoms with Crippen molar-refractivity contribution in [3.8, 4) is 0 Å². The molecular weight excluding hydrogens is 483 g/mol. The molecule has 9 heteroatoms. The van der Waals surface area contributed by atoms with Crippen LogP contribution in [0.25, 0.3) is 21.7 Å². The van der Waals surface area contributed by atoms with Crippen molar-refractivity contribution in [1.29, 1.82) is 0 Å². The lowest BCUT2D eigenvalue weighted by Crippen LogP contribution is -2.33. The largest absolute Gasteiger partial charge is 0.481 e. The number of nitrogens with zero attached hydrogens (tertiary/aromatic N) is 2. The molecular formula is C28H26F3N3O3. The molecule has 0 radical (unpaired) electrons. The molecule has 2 aromatic heterocycles. The second-order valence-electron chi connectivity index (χ2n) is 9.66. The van der Waals surface area contributed by atoms with Gasteiger partial charge in [0, 0.05) is 29.7 Å². The molecule has 1 fully saturated rings. The summed E-state index contributed by atoms with van der Waals surface area (Å²) in [5.74, 6) is -1.98. The number of fused-ring (bicyclic) bond motifs is 2. The average Bonchev–Trinajstić information content (AvgIpc) is 3.29. The highest BCUT2D eigenvalue weighted by Crippen LogP contribution is 2.36. The van der Waals surface area contributed by atoms with Gasteiger partial charge >= 0.3 is 12.1 Å². The van der Waals surface area contributed by atoms with Gasteiger partial charge in [0.25, 0.3) is 5.91 Å². The predicted molar refractivity (Wildman–Crippen MR) is 133 cm³/mol. The molecule has 2 N–H and O–H groups in total. The quantitative estimate of drug-likeness (QED) is 0.340. The van der Waals surface area contributed by atoms with E-state index in [2.05, 4.69) is 10.3 Å². The number of carbonyl (C=O) groups is 2. The minimum atomic E-state index is -4.71. The van der Waals surface area contributed by atoms with Crippen LogP contribution in [0.4, 0.5) is 13.2 Å². The smallest absolute Gasteiger partial charge is 0.417 e. The van der Waals surface area contributed by atoms with E-state index in [0.29, 0.717) is 36.8 Å². The molecule has 0 saturated heterocycles. The molecule has 1 aliphatic rings. The standard InChI is InChI=1S/C28H26F3N3O3/c29-28(30,31)23-10-9-18-11-12-34(16-22-13-20-3-1-2-4-21(20)15-32-22)25(18)24(23)26(35)33-14-17-5-7-19(8-6-17)27(36)37/h1-4,9-13,15,17,19H,5-8,14,16H2,(H,33,35)(H,36,37). The second-order valence-corrected chi connectivity index (χ2v) is 9.66. The Morgan fingerprint density at radius 2 is 1.73 bits per heavy atom. The first kappa shape index (κ1) is 24.8. The molecule has 1 amide bonds. The number of aliphatic carboxylic acids is 1. The number of amides is 1. The molecule has 5 rings (SSSR count). The molecule has 37 heavy (non-hydrogen) atoms. The van der Waals surface area contributed by atoms with Crippen molar-refractivity contribution in [2.45, 2.75) is 38.4 Å². The predicted octanol–water partition coefficient (Wildman–Crippen LogP) is 5.88. The third-order valence-corrected chi connectivity index (χ3v) is 7.23. The zero-order chi connectivity index (χ0) is 26.2.